The number of phenols is 1. The Labute approximate surface area is 140 Å². The summed E-state index contributed by atoms with van der Waals surface area (Å²) in [6.07, 6.45) is -3.74. The van der Waals surface area contributed by atoms with Gasteiger partial charge < -0.3 is 34.6 Å². The van der Waals surface area contributed by atoms with Crippen LogP contribution in [0.25, 0.3) is 0 Å². The van der Waals surface area contributed by atoms with Crippen molar-refractivity contribution in [3.8, 4) is 17.2 Å². The van der Waals surface area contributed by atoms with Gasteiger partial charge in [0, 0.05) is 20.5 Å². The number of hydrogen-bond acceptors (Lipinski definition) is 7. The number of aliphatic hydroxyl groups is 3. The maximum atomic E-state index is 10.1. The molecule has 0 amide bonds. The van der Waals surface area contributed by atoms with Gasteiger partial charge in [0.15, 0.2) is 17.8 Å². The lowest BCUT2D eigenvalue weighted by molar-refractivity contribution is -0.0785. The van der Waals surface area contributed by atoms with Crippen LogP contribution < -0.4 is 9.47 Å². The molecule has 126 valence electrons. The molecule has 1 rings (SSSR count). The summed E-state index contributed by atoms with van der Waals surface area (Å²) < 4.78 is 66.4. The SMILES string of the molecule is [2H]OCP(CO[2H])C(c1cc(OC)c(O)c(OC)c1)C([2H])C(O[2H])OC([2H])([2H])[2H]. The highest BCUT2D eigenvalue weighted by atomic mass is 31.1. The third-order valence-corrected chi connectivity index (χ3v) is 4.94. The molecular formula is C14H23O7P. The summed E-state index contributed by atoms with van der Waals surface area (Å²) in [4.78, 5) is 0. The number of phenolic OH excluding ortho intramolecular Hbond substituents is 1. The first-order valence-electron chi connectivity index (χ1n) is 9.50. The first-order chi connectivity index (χ1) is 13.6. The molecule has 3 unspecified atom stereocenters. The third-order valence-electron chi connectivity index (χ3n) is 3.02. The second-order valence-electron chi connectivity index (χ2n) is 4.24. The van der Waals surface area contributed by atoms with Crippen LogP contribution in [0.3, 0.4) is 0 Å². The van der Waals surface area contributed by atoms with Gasteiger partial charge in [0.05, 0.1) is 31.0 Å². The largest absolute Gasteiger partial charge is 0.502 e. The summed E-state index contributed by atoms with van der Waals surface area (Å²) in [5, 5.41) is 23.4. The number of methoxy groups -OCH3 is 3. The van der Waals surface area contributed by atoms with Gasteiger partial charge >= 0.3 is 0 Å². The molecule has 3 atom stereocenters. The van der Waals surface area contributed by atoms with Gasteiger partial charge in [-0.25, -0.2) is 0 Å². The first-order valence-corrected chi connectivity index (χ1v) is 7.98. The van der Waals surface area contributed by atoms with Crippen LogP contribution in [0.2, 0.25) is 0 Å². The molecule has 0 radical (unpaired) electrons. The predicted octanol–water partition coefficient (Wildman–Crippen LogP) is 1.19. The van der Waals surface area contributed by atoms with Crippen LogP contribution >= 0.6 is 7.92 Å². The highest BCUT2D eigenvalue weighted by molar-refractivity contribution is 7.57. The lowest BCUT2D eigenvalue weighted by Gasteiger charge is -2.27. The van der Waals surface area contributed by atoms with E-state index in [1.807, 2.05) is 0 Å². The molecule has 0 saturated heterocycles. The zero-order valence-corrected chi connectivity index (χ0v) is 13.0. The summed E-state index contributed by atoms with van der Waals surface area (Å²) in [6, 6.07) is 2.78. The van der Waals surface area contributed by atoms with Gasteiger partial charge in [-0.05, 0) is 25.6 Å². The van der Waals surface area contributed by atoms with Crippen molar-refractivity contribution < 1.29 is 40.1 Å². The van der Waals surface area contributed by atoms with E-state index in [-0.39, 0.29) is 29.9 Å². The molecule has 0 aliphatic rings. The van der Waals surface area contributed by atoms with E-state index < -0.39 is 33.3 Å². The van der Waals surface area contributed by atoms with E-state index in [4.69, 9.17) is 24.0 Å². The normalized spacial score (nSPS) is 20.4. The standard InChI is InChI=1S/C14H23O7P/c1-19-10-4-9(5-11(20-2)14(10)18)12(6-13(17)21-3)22(7-15)8-16/h4-5,12-13,15-18H,6-8H2,1-3H3/i3D3,6D,15D,16D,17D. The first kappa shape index (κ1) is 10.6. The maximum absolute atomic E-state index is 10.1. The van der Waals surface area contributed by atoms with E-state index in [2.05, 4.69) is 15.3 Å². The molecule has 0 saturated carbocycles. The Kier molecular flexibility index (Phi) is 4.41. The topological polar surface area (TPSA) is 109 Å². The van der Waals surface area contributed by atoms with E-state index in [9.17, 15) is 5.11 Å². The maximum Gasteiger partial charge on any atom is 0.213 e. The van der Waals surface area contributed by atoms with E-state index in [0.717, 1.165) is 0 Å². The average Bonchev–Trinajstić information content (AvgIpc) is 2.66. The van der Waals surface area contributed by atoms with Crippen LogP contribution in [0.5, 0.6) is 17.2 Å². The second kappa shape index (κ2) is 9.12. The number of rotatable bonds is 12. The molecule has 4 N–H and O–H groups in total. The summed E-state index contributed by atoms with van der Waals surface area (Å²) in [6.45, 7) is 0. The minimum Gasteiger partial charge on any atom is -0.502 e. The number of aliphatic hydroxyl groups excluding tert-OH is 3. The van der Waals surface area contributed by atoms with Crippen molar-refractivity contribution >= 4 is 7.92 Å². The van der Waals surface area contributed by atoms with E-state index >= 15 is 0 Å². The van der Waals surface area contributed by atoms with Gasteiger partial charge in [-0.2, -0.15) is 0 Å². The lowest BCUT2D eigenvalue weighted by Crippen LogP contribution is -2.15. The van der Waals surface area contributed by atoms with Crippen LogP contribution in [0.1, 0.15) is 23.1 Å². The van der Waals surface area contributed by atoms with E-state index in [1.54, 1.807) is 0 Å². The van der Waals surface area contributed by atoms with Crippen LogP contribution in [-0.2, 0) is 4.74 Å². The van der Waals surface area contributed by atoms with Crippen molar-refractivity contribution in [2.75, 3.05) is 34.0 Å². The summed E-state index contributed by atoms with van der Waals surface area (Å²) in [5.74, 6) is -0.251. The molecule has 8 heteroatoms. The van der Waals surface area contributed by atoms with Crippen molar-refractivity contribution in [3.05, 3.63) is 17.7 Å². The van der Waals surface area contributed by atoms with Gasteiger partial charge in [0.25, 0.3) is 0 Å². The van der Waals surface area contributed by atoms with Gasteiger partial charge in [-0.1, -0.05) is 0 Å². The molecule has 7 nitrogen and oxygen atoms in total. The second-order valence-corrected chi connectivity index (χ2v) is 6.49. The lowest BCUT2D eigenvalue weighted by atomic mass is 10.1. The number of aromatic hydroxyl groups is 1. The van der Waals surface area contributed by atoms with Crippen molar-refractivity contribution in [1.29, 1.82) is 4.29 Å². The zero-order chi connectivity index (χ0) is 22.2. The Bertz CT molecular complexity index is 606. The van der Waals surface area contributed by atoms with Gasteiger partial charge in [0.2, 0.25) is 10.0 Å². The minimum absolute atomic E-state index is 0.0187. The highest BCUT2D eigenvalue weighted by Gasteiger charge is 2.27. The molecule has 0 heterocycles. The van der Waals surface area contributed by atoms with E-state index in [0.29, 0.717) is 5.56 Å². The summed E-state index contributed by atoms with van der Waals surface area (Å²) in [7, 11) is -1.91. The molecule has 1 aromatic rings. The predicted molar refractivity (Wildman–Crippen MR) is 82.7 cm³/mol. The molecule has 0 fully saturated rings. The Morgan fingerprint density at radius 3 is 2.36 bits per heavy atom. The molecular weight excluding hydrogens is 311 g/mol. The molecule has 1 aromatic carbocycles. The fourth-order valence-corrected chi connectivity index (χ4v) is 3.26. The summed E-state index contributed by atoms with van der Waals surface area (Å²) >= 11 is 0. The highest BCUT2D eigenvalue weighted by Crippen LogP contribution is 2.54. The number of benzene rings is 1. The molecule has 0 aliphatic carbocycles. The van der Waals surface area contributed by atoms with Crippen molar-refractivity contribution in [2.24, 2.45) is 0 Å². The molecule has 0 spiro atoms. The molecule has 0 bridgehead atoms. The van der Waals surface area contributed by atoms with Gasteiger partial charge in [-0.15, -0.1) is 0 Å². The fourth-order valence-electron chi connectivity index (χ4n) is 1.91. The van der Waals surface area contributed by atoms with Crippen LogP contribution in [-0.4, -0.2) is 65.0 Å². The number of ether oxygens (including phenoxy) is 3. The quantitative estimate of drug-likeness (QED) is 0.334. The van der Waals surface area contributed by atoms with Crippen molar-refractivity contribution in [2.45, 2.75) is 18.3 Å². The van der Waals surface area contributed by atoms with Crippen molar-refractivity contribution in [1.82, 2.24) is 0 Å². The minimum atomic E-state index is -2.93. The average molecular weight is 341 g/mol. The van der Waals surface area contributed by atoms with Gasteiger partial charge in [-0.3, -0.25) is 0 Å². The fraction of sp³-hybridized carbons (Fsp3) is 0.571. The summed E-state index contributed by atoms with van der Waals surface area (Å²) in [5.41, 5.74) is -0.630. The molecule has 0 aromatic heterocycles. The Balaban J connectivity index is 3.51. The van der Waals surface area contributed by atoms with E-state index in [1.165, 1.54) is 26.4 Å². The molecule has 22 heavy (non-hydrogen) atoms. The van der Waals surface area contributed by atoms with Crippen LogP contribution in [0, 0.1) is 0 Å². The van der Waals surface area contributed by atoms with Crippen LogP contribution in [0.4, 0.5) is 0 Å². The van der Waals surface area contributed by atoms with Crippen LogP contribution in [0.15, 0.2) is 12.1 Å². The third kappa shape index (κ3) is 4.44. The van der Waals surface area contributed by atoms with Gasteiger partial charge in [0.1, 0.15) is 0 Å². The molecule has 0 aliphatic heterocycles. The Morgan fingerprint density at radius 1 is 1.27 bits per heavy atom. The Morgan fingerprint density at radius 2 is 1.91 bits per heavy atom. The number of hydrogen-bond donors (Lipinski definition) is 4. The zero-order valence-electron chi connectivity index (χ0n) is 19.1. The van der Waals surface area contributed by atoms with Crippen molar-refractivity contribution in [3.63, 3.8) is 0 Å². The smallest absolute Gasteiger partial charge is 0.213 e. The Hall–Kier alpha value is -1.11. The monoisotopic (exact) mass is 341 g/mol.